The molecule has 0 fully saturated rings. The molecule has 8 nitrogen and oxygen atoms in total. The molecule has 2 N–H and O–H groups in total. The van der Waals surface area contributed by atoms with Crippen molar-refractivity contribution in [2.75, 3.05) is 5.32 Å². The molecule has 4 rings (SSSR count). The number of furan rings is 1. The molecule has 0 saturated heterocycles. The van der Waals surface area contributed by atoms with E-state index in [2.05, 4.69) is 30.7 Å². The highest BCUT2D eigenvalue weighted by atomic mass is 19.4. The van der Waals surface area contributed by atoms with Crippen LogP contribution in [0.1, 0.15) is 17.3 Å². The summed E-state index contributed by atoms with van der Waals surface area (Å²) in [6, 6.07) is 5.28. The number of alkyl halides is 3. The summed E-state index contributed by atoms with van der Waals surface area (Å²) < 4.78 is 76.3. The van der Waals surface area contributed by atoms with Gasteiger partial charge in [0.15, 0.2) is 23.5 Å². The second kappa shape index (κ2) is 7.90. The van der Waals surface area contributed by atoms with Gasteiger partial charge < -0.3 is 14.5 Å². The van der Waals surface area contributed by atoms with Crippen LogP contribution in [0.25, 0.3) is 22.4 Å². The number of H-pyrrole nitrogens is 1. The molecular formula is C19H12F5N5O3. The molecule has 1 amide bonds. The standard InChI is InChI=1S/C19H12F5N5O3/c1-8(19(22,23)24)32-15-3-2-9(4-14(15)21)25-18(30)12-7-31-16-6-11(13(20)5-10(12)16)17-26-28-29-27-17/h2-8H,1H3,(H,25,30)(H,26,27,28,29)/t8-/m0/s1. The van der Waals surface area contributed by atoms with Gasteiger partial charge in [0.25, 0.3) is 5.91 Å². The predicted octanol–water partition coefficient (Wildman–Crippen LogP) is 4.47. The molecule has 166 valence electrons. The zero-order chi connectivity index (χ0) is 23.0. The fourth-order valence-electron chi connectivity index (χ4n) is 2.81. The Kier molecular flexibility index (Phi) is 5.24. The smallest absolute Gasteiger partial charge is 0.425 e. The minimum atomic E-state index is -4.67. The van der Waals surface area contributed by atoms with Crippen LogP contribution in [0.15, 0.2) is 41.0 Å². The van der Waals surface area contributed by atoms with Crippen LogP contribution in [-0.4, -0.2) is 38.8 Å². The first-order chi connectivity index (χ1) is 15.1. The van der Waals surface area contributed by atoms with E-state index in [9.17, 15) is 26.7 Å². The lowest BCUT2D eigenvalue weighted by molar-refractivity contribution is -0.189. The Morgan fingerprint density at radius 2 is 1.97 bits per heavy atom. The van der Waals surface area contributed by atoms with E-state index in [1.165, 1.54) is 6.07 Å². The molecule has 2 aromatic heterocycles. The number of halogens is 5. The number of anilines is 1. The Bertz CT molecular complexity index is 1290. The highest BCUT2D eigenvalue weighted by Crippen LogP contribution is 2.30. The Morgan fingerprint density at radius 3 is 2.62 bits per heavy atom. The summed E-state index contributed by atoms with van der Waals surface area (Å²) in [7, 11) is 0. The average molecular weight is 453 g/mol. The van der Waals surface area contributed by atoms with Crippen LogP contribution in [0.4, 0.5) is 27.6 Å². The second-order valence-corrected chi connectivity index (χ2v) is 6.63. The Balaban J connectivity index is 1.55. The number of ether oxygens (including phenoxy) is 1. The van der Waals surface area contributed by atoms with Crippen LogP contribution in [0.5, 0.6) is 5.75 Å². The molecule has 1 atom stereocenters. The van der Waals surface area contributed by atoms with Crippen molar-refractivity contribution in [3.63, 3.8) is 0 Å². The van der Waals surface area contributed by atoms with Crippen LogP contribution >= 0.6 is 0 Å². The van der Waals surface area contributed by atoms with Gasteiger partial charge in [-0.2, -0.15) is 13.2 Å². The van der Waals surface area contributed by atoms with Crippen molar-refractivity contribution in [2.45, 2.75) is 19.2 Å². The molecule has 0 aliphatic rings. The molecule has 4 aromatic rings. The number of aromatic nitrogens is 4. The quantitative estimate of drug-likeness (QED) is 0.432. The SMILES string of the molecule is C[C@H](Oc1ccc(NC(=O)c2coc3cc(-c4nnn[nH]4)c(F)cc23)cc1F)C(F)(F)F. The largest absolute Gasteiger partial charge is 0.478 e. The Morgan fingerprint density at radius 1 is 1.19 bits per heavy atom. The Hall–Kier alpha value is -4.03. The predicted molar refractivity (Wildman–Crippen MR) is 99.8 cm³/mol. The van der Waals surface area contributed by atoms with Gasteiger partial charge in [-0.25, -0.2) is 13.9 Å². The van der Waals surface area contributed by atoms with E-state index in [1.54, 1.807) is 0 Å². The third-order valence-corrected chi connectivity index (χ3v) is 4.46. The summed E-state index contributed by atoms with van der Waals surface area (Å²) in [6.07, 6.45) is -5.80. The lowest BCUT2D eigenvalue weighted by Crippen LogP contribution is -2.31. The summed E-state index contributed by atoms with van der Waals surface area (Å²) >= 11 is 0. The number of tetrazole rings is 1. The van der Waals surface area contributed by atoms with Crippen molar-refractivity contribution >= 4 is 22.6 Å². The highest BCUT2D eigenvalue weighted by Gasteiger charge is 2.38. The summed E-state index contributed by atoms with van der Waals surface area (Å²) in [5.74, 6) is -3.15. The first-order valence-corrected chi connectivity index (χ1v) is 8.92. The van der Waals surface area contributed by atoms with Crippen molar-refractivity contribution in [3.05, 3.63) is 53.8 Å². The first-order valence-electron chi connectivity index (χ1n) is 8.92. The van der Waals surface area contributed by atoms with E-state index in [0.717, 1.165) is 37.5 Å². The molecule has 13 heteroatoms. The topological polar surface area (TPSA) is 106 Å². The summed E-state index contributed by atoms with van der Waals surface area (Å²) in [4.78, 5) is 12.6. The third-order valence-electron chi connectivity index (χ3n) is 4.46. The third kappa shape index (κ3) is 4.08. The van der Waals surface area contributed by atoms with Crippen molar-refractivity contribution in [2.24, 2.45) is 0 Å². The Labute approximate surface area is 175 Å². The van der Waals surface area contributed by atoms with Crippen molar-refractivity contribution in [3.8, 4) is 17.1 Å². The van der Waals surface area contributed by atoms with Crippen molar-refractivity contribution in [1.29, 1.82) is 0 Å². The highest BCUT2D eigenvalue weighted by molar-refractivity contribution is 6.12. The number of nitrogens with one attached hydrogen (secondary N) is 2. The van der Waals surface area contributed by atoms with Crippen LogP contribution < -0.4 is 10.1 Å². The van der Waals surface area contributed by atoms with E-state index < -0.39 is 35.6 Å². The first kappa shape index (κ1) is 21.2. The monoisotopic (exact) mass is 453 g/mol. The normalized spacial score (nSPS) is 12.7. The molecule has 0 saturated carbocycles. The van der Waals surface area contributed by atoms with E-state index in [0.29, 0.717) is 0 Å². The number of hydrogen-bond acceptors (Lipinski definition) is 6. The summed E-state index contributed by atoms with van der Waals surface area (Å²) in [6.45, 7) is 0.739. The zero-order valence-electron chi connectivity index (χ0n) is 16.0. The average Bonchev–Trinajstić information content (AvgIpc) is 3.38. The van der Waals surface area contributed by atoms with Gasteiger partial charge in [0.1, 0.15) is 17.7 Å². The van der Waals surface area contributed by atoms with Crippen LogP contribution in [0.2, 0.25) is 0 Å². The lowest BCUT2D eigenvalue weighted by atomic mass is 10.1. The number of carbonyl (C=O) groups excluding carboxylic acids is 1. The molecule has 0 radical (unpaired) electrons. The fourth-order valence-corrected chi connectivity index (χ4v) is 2.81. The lowest BCUT2D eigenvalue weighted by Gasteiger charge is -2.18. The molecule has 0 spiro atoms. The van der Waals surface area contributed by atoms with E-state index in [-0.39, 0.29) is 33.6 Å². The molecule has 0 bridgehead atoms. The number of rotatable bonds is 5. The maximum atomic E-state index is 14.5. The van der Waals surface area contributed by atoms with Crippen LogP contribution in [0, 0.1) is 11.6 Å². The van der Waals surface area contributed by atoms with Crippen LogP contribution in [0.3, 0.4) is 0 Å². The van der Waals surface area contributed by atoms with Gasteiger partial charge in [-0.15, -0.1) is 5.10 Å². The maximum Gasteiger partial charge on any atom is 0.425 e. The molecule has 0 aliphatic heterocycles. The number of aromatic amines is 1. The molecule has 2 heterocycles. The minimum Gasteiger partial charge on any atom is -0.478 e. The van der Waals surface area contributed by atoms with Gasteiger partial charge in [0, 0.05) is 17.1 Å². The number of hydrogen-bond donors (Lipinski definition) is 2. The van der Waals surface area contributed by atoms with E-state index in [4.69, 9.17) is 4.42 Å². The van der Waals surface area contributed by atoms with Gasteiger partial charge in [0.05, 0.1) is 11.1 Å². The molecule has 0 aliphatic carbocycles. The molecular weight excluding hydrogens is 441 g/mol. The van der Waals surface area contributed by atoms with Crippen LogP contribution in [-0.2, 0) is 0 Å². The summed E-state index contributed by atoms with van der Waals surface area (Å²) in [5.41, 5.74) is 0.0832. The number of benzene rings is 2. The van der Waals surface area contributed by atoms with E-state index in [1.807, 2.05) is 0 Å². The van der Waals surface area contributed by atoms with Gasteiger partial charge in [-0.05, 0) is 41.6 Å². The van der Waals surface area contributed by atoms with Gasteiger partial charge >= 0.3 is 6.18 Å². The number of amides is 1. The van der Waals surface area contributed by atoms with Gasteiger partial charge in [-0.3, -0.25) is 4.79 Å². The number of carbonyl (C=O) groups is 1. The van der Waals surface area contributed by atoms with Crippen molar-refractivity contribution in [1.82, 2.24) is 20.6 Å². The van der Waals surface area contributed by atoms with Crippen molar-refractivity contribution < 1.29 is 35.9 Å². The van der Waals surface area contributed by atoms with Gasteiger partial charge in [0.2, 0.25) is 0 Å². The second-order valence-electron chi connectivity index (χ2n) is 6.63. The number of nitrogens with zero attached hydrogens (tertiary/aromatic N) is 3. The maximum absolute atomic E-state index is 14.5. The molecule has 32 heavy (non-hydrogen) atoms. The molecule has 2 aromatic carbocycles. The number of fused-ring (bicyclic) bond motifs is 1. The zero-order valence-corrected chi connectivity index (χ0v) is 16.0. The van der Waals surface area contributed by atoms with Gasteiger partial charge in [-0.1, -0.05) is 0 Å². The molecule has 0 unspecified atom stereocenters. The van der Waals surface area contributed by atoms with E-state index >= 15 is 0 Å². The summed E-state index contributed by atoms with van der Waals surface area (Å²) in [5, 5.41) is 15.3. The fraction of sp³-hybridized carbons (Fsp3) is 0.158. The minimum absolute atomic E-state index is 0.0227.